The Labute approximate surface area is 121 Å². The third-order valence-electron chi connectivity index (χ3n) is 2.69. The molecule has 2 rings (SSSR count). The summed E-state index contributed by atoms with van der Waals surface area (Å²) in [6.45, 7) is 2.10. The van der Waals surface area contributed by atoms with Gasteiger partial charge >= 0.3 is 5.97 Å². The fourth-order valence-electron chi connectivity index (χ4n) is 1.84. The summed E-state index contributed by atoms with van der Waals surface area (Å²) < 4.78 is 0. The Morgan fingerprint density at radius 1 is 1.21 bits per heavy atom. The highest BCUT2D eigenvalue weighted by molar-refractivity contribution is 7.99. The van der Waals surface area contributed by atoms with Crippen molar-refractivity contribution >= 4 is 29.3 Å². The minimum Gasteiger partial charge on any atom is -0.478 e. The summed E-state index contributed by atoms with van der Waals surface area (Å²) in [4.78, 5) is 12.4. The molecule has 4 heteroatoms. The number of hydrogen-bond acceptors (Lipinski definition) is 2. The Morgan fingerprint density at radius 2 is 1.89 bits per heavy atom. The van der Waals surface area contributed by atoms with E-state index in [0.29, 0.717) is 10.6 Å². The molecule has 0 amide bonds. The van der Waals surface area contributed by atoms with Gasteiger partial charge in [0.1, 0.15) is 0 Å². The van der Waals surface area contributed by atoms with E-state index in [0.717, 1.165) is 11.3 Å². The number of halogens is 1. The first-order valence-electron chi connectivity index (χ1n) is 5.88. The second-order valence-electron chi connectivity index (χ2n) is 3.95. The first kappa shape index (κ1) is 14.0. The van der Waals surface area contributed by atoms with Crippen LogP contribution in [0.5, 0.6) is 0 Å². The van der Waals surface area contributed by atoms with Crippen molar-refractivity contribution in [1.29, 1.82) is 0 Å². The number of carboxylic acid groups (broad SMARTS) is 1. The number of hydrogen-bond donors (Lipinski definition) is 1. The van der Waals surface area contributed by atoms with E-state index < -0.39 is 5.97 Å². The molecule has 0 aliphatic rings. The molecule has 0 saturated heterocycles. The maximum absolute atomic E-state index is 11.2. The molecule has 1 N–H and O–H groups in total. The first-order valence-corrected chi connectivity index (χ1v) is 7.24. The van der Waals surface area contributed by atoms with Gasteiger partial charge in [-0.1, -0.05) is 30.7 Å². The number of carboxylic acids is 1. The van der Waals surface area contributed by atoms with Gasteiger partial charge < -0.3 is 5.11 Å². The molecule has 0 fully saturated rings. The Kier molecular flexibility index (Phi) is 4.51. The highest BCUT2D eigenvalue weighted by atomic mass is 35.5. The van der Waals surface area contributed by atoms with Crippen LogP contribution >= 0.6 is 23.4 Å². The Morgan fingerprint density at radius 3 is 2.47 bits per heavy atom. The minimum absolute atomic E-state index is 0.264. The summed E-state index contributed by atoms with van der Waals surface area (Å²) in [6, 6.07) is 12.7. The quantitative estimate of drug-likeness (QED) is 0.821. The molecule has 98 valence electrons. The van der Waals surface area contributed by atoms with Gasteiger partial charge in [-0.15, -0.1) is 11.8 Å². The van der Waals surface area contributed by atoms with Crippen LogP contribution in [-0.2, 0) is 0 Å². The Hall–Kier alpha value is -1.45. The fraction of sp³-hybridized carbons (Fsp3) is 0.133. The Bertz CT molecular complexity index is 594. The van der Waals surface area contributed by atoms with Gasteiger partial charge in [0.2, 0.25) is 0 Å². The van der Waals surface area contributed by atoms with Crippen LogP contribution in [-0.4, -0.2) is 16.8 Å². The van der Waals surface area contributed by atoms with Gasteiger partial charge in [0.15, 0.2) is 0 Å². The molecule has 0 aromatic heterocycles. The van der Waals surface area contributed by atoms with E-state index in [-0.39, 0.29) is 5.56 Å². The largest absolute Gasteiger partial charge is 0.478 e. The predicted octanol–water partition coefficient (Wildman–Crippen LogP) is 4.82. The average Bonchev–Trinajstić information content (AvgIpc) is 2.39. The molecule has 0 bridgehead atoms. The second-order valence-corrected chi connectivity index (χ2v) is 5.73. The predicted molar refractivity (Wildman–Crippen MR) is 80.2 cm³/mol. The van der Waals surface area contributed by atoms with E-state index in [2.05, 4.69) is 6.92 Å². The molecule has 0 heterocycles. The van der Waals surface area contributed by atoms with E-state index in [1.165, 1.54) is 11.0 Å². The summed E-state index contributed by atoms with van der Waals surface area (Å²) >= 11 is 7.71. The number of thioether (sulfide) groups is 1. The summed E-state index contributed by atoms with van der Waals surface area (Å²) in [7, 11) is 0. The maximum atomic E-state index is 11.2. The maximum Gasteiger partial charge on any atom is 0.336 e. The van der Waals surface area contributed by atoms with E-state index in [9.17, 15) is 9.90 Å². The van der Waals surface area contributed by atoms with Crippen LogP contribution in [0.4, 0.5) is 0 Å². The van der Waals surface area contributed by atoms with E-state index in [4.69, 9.17) is 11.6 Å². The summed E-state index contributed by atoms with van der Waals surface area (Å²) in [5, 5.41) is 9.74. The van der Waals surface area contributed by atoms with Crippen LogP contribution in [0.2, 0.25) is 5.02 Å². The zero-order valence-corrected chi connectivity index (χ0v) is 12.0. The van der Waals surface area contributed by atoms with Crippen LogP contribution in [0.15, 0.2) is 47.4 Å². The molecular formula is C15H13ClO2S. The van der Waals surface area contributed by atoms with Crippen molar-refractivity contribution in [2.45, 2.75) is 11.8 Å². The van der Waals surface area contributed by atoms with Crippen LogP contribution in [0.1, 0.15) is 17.3 Å². The topological polar surface area (TPSA) is 37.3 Å². The molecule has 0 saturated carbocycles. The van der Waals surface area contributed by atoms with Crippen molar-refractivity contribution in [3.05, 3.63) is 53.1 Å². The van der Waals surface area contributed by atoms with Gasteiger partial charge in [-0.05, 0) is 47.2 Å². The van der Waals surface area contributed by atoms with Gasteiger partial charge in [-0.25, -0.2) is 4.79 Å². The van der Waals surface area contributed by atoms with Crippen molar-refractivity contribution in [2.75, 3.05) is 5.75 Å². The molecule has 2 aromatic carbocycles. The van der Waals surface area contributed by atoms with Crippen molar-refractivity contribution in [2.24, 2.45) is 0 Å². The lowest BCUT2D eigenvalue weighted by atomic mass is 10.00. The van der Waals surface area contributed by atoms with Crippen LogP contribution in [0.25, 0.3) is 11.1 Å². The summed E-state index contributed by atoms with van der Waals surface area (Å²) in [6.07, 6.45) is 0. The molecule has 0 aliphatic carbocycles. The third-order valence-corrected chi connectivity index (χ3v) is 3.82. The first-order chi connectivity index (χ1) is 9.11. The zero-order chi connectivity index (χ0) is 13.8. The number of rotatable bonds is 4. The molecule has 0 radical (unpaired) electrons. The fourth-order valence-corrected chi connectivity index (χ4v) is 2.67. The van der Waals surface area contributed by atoms with Crippen LogP contribution in [0, 0.1) is 0 Å². The molecule has 0 unspecified atom stereocenters. The lowest BCUT2D eigenvalue weighted by molar-refractivity contribution is 0.0698. The van der Waals surface area contributed by atoms with Crippen molar-refractivity contribution in [3.8, 4) is 11.1 Å². The molecule has 19 heavy (non-hydrogen) atoms. The van der Waals surface area contributed by atoms with Crippen molar-refractivity contribution in [3.63, 3.8) is 0 Å². The molecular weight excluding hydrogens is 280 g/mol. The number of carbonyl (C=O) groups is 1. The zero-order valence-electron chi connectivity index (χ0n) is 10.4. The number of aromatic carboxylic acids is 1. The van der Waals surface area contributed by atoms with E-state index in [1.807, 2.05) is 24.3 Å². The monoisotopic (exact) mass is 292 g/mol. The van der Waals surface area contributed by atoms with Gasteiger partial charge in [-0.2, -0.15) is 0 Å². The van der Waals surface area contributed by atoms with Gasteiger partial charge in [0.25, 0.3) is 0 Å². The standard InChI is InChI=1S/C15H13ClO2S/c1-2-19-12-6-3-10(4-7-12)14-9-11(16)5-8-13(14)15(17)18/h3-9H,2H2,1H3,(H,17,18). The van der Waals surface area contributed by atoms with Gasteiger partial charge in [-0.3, -0.25) is 0 Å². The molecule has 2 nitrogen and oxygen atoms in total. The lowest BCUT2D eigenvalue weighted by Crippen LogP contribution is -1.99. The van der Waals surface area contributed by atoms with E-state index >= 15 is 0 Å². The highest BCUT2D eigenvalue weighted by Crippen LogP contribution is 2.29. The van der Waals surface area contributed by atoms with Gasteiger partial charge in [0, 0.05) is 9.92 Å². The minimum atomic E-state index is -0.946. The second kappa shape index (κ2) is 6.13. The van der Waals surface area contributed by atoms with Crippen LogP contribution in [0.3, 0.4) is 0 Å². The van der Waals surface area contributed by atoms with Gasteiger partial charge in [0.05, 0.1) is 5.56 Å². The van der Waals surface area contributed by atoms with E-state index in [1.54, 1.807) is 23.9 Å². The van der Waals surface area contributed by atoms with Crippen molar-refractivity contribution < 1.29 is 9.90 Å². The lowest BCUT2D eigenvalue weighted by Gasteiger charge is -2.08. The highest BCUT2D eigenvalue weighted by Gasteiger charge is 2.12. The Balaban J connectivity index is 2.45. The summed E-state index contributed by atoms with van der Waals surface area (Å²) in [5.74, 6) is 0.0651. The number of benzene rings is 2. The molecule has 0 spiro atoms. The normalized spacial score (nSPS) is 10.4. The SMILES string of the molecule is CCSc1ccc(-c2cc(Cl)ccc2C(=O)O)cc1. The molecule has 2 aromatic rings. The molecule has 0 atom stereocenters. The third kappa shape index (κ3) is 3.31. The molecule has 0 aliphatic heterocycles. The summed E-state index contributed by atoms with van der Waals surface area (Å²) in [5.41, 5.74) is 1.77. The average molecular weight is 293 g/mol. The van der Waals surface area contributed by atoms with Crippen LogP contribution < -0.4 is 0 Å². The smallest absolute Gasteiger partial charge is 0.336 e. The van der Waals surface area contributed by atoms with Crippen molar-refractivity contribution in [1.82, 2.24) is 0 Å².